The Labute approximate surface area is 158 Å². The lowest BCUT2D eigenvalue weighted by Gasteiger charge is -2.23. The molecule has 0 aromatic heterocycles. The summed E-state index contributed by atoms with van der Waals surface area (Å²) in [6.07, 6.45) is 5.53. The van der Waals surface area contributed by atoms with Crippen LogP contribution in [0.15, 0.2) is 53.7 Å². The van der Waals surface area contributed by atoms with Crippen LogP contribution in [0.2, 0.25) is 0 Å². The third kappa shape index (κ3) is 4.58. The molecule has 6 nitrogen and oxygen atoms in total. The molecule has 140 valence electrons. The number of nitro groups is 1. The Kier molecular flexibility index (Phi) is 5.96. The number of oxime groups is 1. The largest absolute Gasteiger partial charge is 0.331 e. The van der Waals surface area contributed by atoms with Crippen molar-refractivity contribution in [2.24, 2.45) is 11.1 Å². The van der Waals surface area contributed by atoms with Gasteiger partial charge in [0.1, 0.15) is 0 Å². The van der Waals surface area contributed by atoms with Crippen molar-refractivity contribution in [2.75, 3.05) is 0 Å². The van der Waals surface area contributed by atoms with Crippen LogP contribution in [0.3, 0.4) is 0 Å². The average Bonchev–Trinajstić information content (AvgIpc) is 2.69. The summed E-state index contributed by atoms with van der Waals surface area (Å²) < 4.78 is 0. The Bertz CT molecular complexity index is 853. The highest BCUT2D eigenvalue weighted by atomic mass is 16.7. The van der Waals surface area contributed by atoms with Crippen LogP contribution < -0.4 is 0 Å². The van der Waals surface area contributed by atoms with Crippen LogP contribution in [-0.4, -0.2) is 16.6 Å². The van der Waals surface area contributed by atoms with Gasteiger partial charge in [0.25, 0.3) is 5.69 Å². The fourth-order valence-corrected chi connectivity index (χ4v) is 3.55. The summed E-state index contributed by atoms with van der Waals surface area (Å²) in [6, 6.07) is 14.2. The topological polar surface area (TPSA) is 81.8 Å². The van der Waals surface area contributed by atoms with Gasteiger partial charge in [-0.05, 0) is 30.0 Å². The lowest BCUT2D eigenvalue weighted by atomic mass is 9.83. The van der Waals surface area contributed by atoms with Crippen molar-refractivity contribution < 1.29 is 14.6 Å². The van der Waals surface area contributed by atoms with E-state index in [4.69, 9.17) is 4.84 Å². The van der Waals surface area contributed by atoms with E-state index in [0.29, 0.717) is 5.56 Å². The molecule has 0 spiro atoms. The second kappa shape index (κ2) is 8.58. The van der Waals surface area contributed by atoms with Crippen molar-refractivity contribution in [3.05, 3.63) is 64.2 Å². The molecule has 0 heterocycles. The summed E-state index contributed by atoms with van der Waals surface area (Å²) in [5, 5.41) is 15.4. The van der Waals surface area contributed by atoms with E-state index in [0.717, 1.165) is 42.5 Å². The zero-order chi connectivity index (χ0) is 19.2. The molecule has 0 saturated heterocycles. The van der Waals surface area contributed by atoms with Gasteiger partial charge in [-0.25, -0.2) is 4.79 Å². The van der Waals surface area contributed by atoms with E-state index in [1.165, 1.54) is 19.4 Å². The van der Waals surface area contributed by atoms with E-state index >= 15 is 0 Å². The second-order valence-corrected chi connectivity index (χ2v) is 6.75. The number of nitro benzene ring substituents is 1. The molecular weight excluding hydrogens is 344 g/mol. The summed E-state index contributed by atoms with van der Waals surface area (Å²) in [5.74, 6) is -0.185. The summed E-state index contributed by atoms with van der Waals surface area (Å²) in [4.78, 5) is 27.0. The fourth-order valence-electron chi connectivity index (χ4n) is 3.55. The maximum absolute atomic E-state index is 11.3. The Morgan fingerprint density at radius 3 is 2.37 bits per heavy atom. The van der Waals surface area contributed by atoms with Crippen molar-refractivity contribution in [3.63, 3.8) is 0 Å². The van der Waals surface area contributed by atoms with E-state index in [1.54, 1.807) is 18.2 Å². The standard InChI is InChI=1S/C21H22N2O4/c1-15(24)27-22-21(17-7-3-2-4-8-17)18-13-11-16(12-14-18)19-9-5-6-10-20(19)23(25)26/h5-6,9-14,17H,2-4,7-8H2,1H3/b22-21+. The summed E-state index contributed by atoms with van der Waals surface area (Å²) in [7, 11) is 0. The van der Waals surface area contributed by atoms with Crippen LogP contribution >= 0.6 is 0 Å². The van der Waals surface area contributed by atoms with Crippen LogP contribution in [0.25, 0.3) is 11.1 Å². The molecule has 1 aliphatic carbocycles. The van der Waals surface area contributed by atoms with Crippen LogP contribution in [0.5, 0.6) is 0 Å². The van der Waals surface area contributed by atoms with Gasteiger partial charge >= 0.3 is 5.97 Å². The van der Waals surface area contributed by atoms with Gasteiger partial charge in [-0.3, -0.25) is 10.1 Å². The number of hydrogen-bond donors (Lipinski definition) is 0. The molecular formula is C21H22N2O4. The first-order valence-corrected chi connectivity index (χ1v) is 9.16. The van der Waals surface area contributed by atoms with Crippen LogP contribution in [0, 0.1) is 16.0 Å². The molecule has 2 aromatic rings. The molecule has 0 aliphatic heterocycles. The molecule has 1 aliphatic rings. The maximum Gasteiger partial charge on any atom is 0.331 e. The van der Waals surface area contributed by atoms with Crippen molar-refractivity contribution in [3.8, 4) is 11.1 Å². The zero-order valence-electron chi connectivity index (χ0n) is 15.3. The van der Waals surface area contributed by atoms with Crippen LogP contribution in [0.4, 0.5) is 5.69 Å². The Hall–Kier alpha value is -3.02. The third-order valence-corrected chi connectivity index (χ3v) is 4.86. The first kappa shape index (κ1) is 18.8. The van der Waals surface area contributed by atoms with E-state index in [9.17, 15) is 14.9 Å². The highest BCUT2D eigenvalue weighted by molar-refractivity contribution is 6.02. The van der Waals surface area contributed by atoms with E-state index in [2.05, 4.69) is 5.16 Å². The number of carbonyl (C=O) groups is 1. The number of rotatable bonds is 5. The molecule has 2 aromatic carbocycles. The lowest BCUT2D eigenvalue weighted by Crippen LogP contribution is -2.19. The van der Waals surface area contributed by atoms with Crippen LogP contribution in [0.1, 0.15) is 44.6 Å². The van der Waals surface area contributed by atoms with Gasteiger partial charge in [0.2, 0.25) is 0 Å². The van der Waals surface area contributed by atoms with E-state index in [-0.39, 0.29) is 16.5 Å². The normalized spacial score (nSPS) is 15.4. The minimum atomic E-state index is -0.445. The third-order valence-electron chi connectivity index (χ3n) is 4.86. The molecule has 6 heteroatoms. The van der Waals surface area contributed by atoms with Gasteiger partial charge in [-0.1, -0.05) is 60.8 Å². The molecule has 1 saturated carbocycles. The monoisotopic (exact) mass is 366 g/mol. The predicted molar refractivity (Wildman–Crippen MR) is 103 cm³/mol. The van der Waals surface area contributed by atoms with Gasteiger partial charge in [-0.2, -0.15) is 0 Å². The summed E-state index contributed by atoms with van der Waals surface area (Å²) in [5.41, 5.74) is 3.07. The predicted octanol–water partition coefficient (Wildman–Crippen LogP) is 5.11. The Balaban J connectivity index is 1.93. The highest BCUT2D eigenvalue weighted by Gasteiger charge is 2.22. The molecule has 0 N–H and O–H groups in total. The molecule has 3 rings (SSSR count). The average molecular weight is 366 g/mol. The fraction of sp³-hybridized carbons (Fsp3) is 0.333. The number of hydrogen-bond acceptors (Lipinski definition) is 5. The quantitative estimate of drug-likeness (QED) is 0.319. The summed E-state index contributed by atoms with van der Waals surface area (Å²) in [6.45, 7) is 1.33. The highest BCUT2D eigenvalue weighted by Crippen LogP contribution is 2.31. The number of para-hydroxylation sites is 1. The smallest absolute Gasteiger partial charge is 0.318 e. The van der Waals surface area contributed by atoms with E-state index in [1.807, 2.05) is 24.3 Å². The van der Waals surface area contributed by atoms with Gasteiger partial charge in [0, 0.05) is 18.9 Å². The second-order valence-electron chi connectivity index (χ2n) is 6.75. The van der Waals surface area contributed by atoms with Gasteiger partial charge in [0.05, 0.1) is 16.2 Å². The first-order valence-electron chi connectivity index (χ1n) is 9.16. The first-order chi connectivity index (χ1) is 13.1. The minimum absolute atomic E-state index is 0.0753. The van der Waals surface area contributed by atoms with E-state index < -0.39 is 5.97 Å². The Morgan fingerprint density at radius 2 is 1.74 bits per heavy atom. The SMILES string of the molecule is CC(=O)O/N=C(/c1ccc(-c2ccccc2[N+](=O)[O-])cc1)C1CCCCC1. The number of nitrogens with zero attached hydrogens (tertiary/aromatic N) is 2. The van der Waals surface area contributed by atoms with Gasteiger partial charge in [0.15, 0.2) is 0 Å². The number of carbonyl (C=O) groups excluding carboxylic acids is 1. The van der Waals surface area contributed by atoms with Crippen LogP contribution in [-0.2, 0) is 9.63 Å². The maximum atomic E-state index is 11.3. The lowest BCUT2D eigenvalue weighted by molar-refractivity contribution is -0.384. The van der Waals surface area contributed by atoms with Crippen molar-refractivity contribution >= 4 is 17.4 Å². The van der Waals surface area contributed by atoms with Crippen molar-refractivity contribution in [2.45, 2.75) is 39.0 Å². The Morgan fingerprint density at radius 1 is 1.07 bits per heavy atom. The molecule has 0 bridgehead atoms. The van der Waals surface area contributed by atoms with Crippen molar-refractivity contribution in [1.29, 1.82) is 0 Å². The molecule has 0 amide bonds. The summed E-state index contributed by atoms with van der Waals surface area (Å²) >= 11 is 0. The molecule has 0 radical (unpaired) electrons. The van der Waals surface area contributed by atoms with Gasteiger partial charge in [-0.15, -0.1) is 0 Å². The molecule has 27 heavy (non-hydrogen) atoms. The number of benzene rings is 2. The molecule has 1 fully saturated rings. The minimum Gasteiger partial charge on any atom is -0.318 e. The van der Waals surface area contributed by atoms with Crippen molar-refractivity contribution in [1.82, 2.24) is 0 Å². The van der Waals surface area contributed by atoms with Gasteiger partial charge < -0.3 is 4.84 Å². The molecule has 0 atom stereocenters. The molecule has 0 unspecified atom stereocenters. The zero-order valence-corrected chi connectivity index (χ0v) is 15.3.